The third-order valence-corrected chi connectivity index (χ3v) is 21.8. The van der Waals surface area contributed by atoms with E-state index in [0.717, 1.165) is 72.3 Å². The van der Waals surface area contributed by atoms with E-state index in [2.05, 4.69) is 273 Å². The summed E-state index contributed by atoms with van der Waals surface area (Å²) in [6.07, 6.45) is 0. The largest absolute Gasteiger partial charge is 0.208 e. The molecule has 19 rings (SSSR count). The molecule has 2 aliphatic heterocycles. The van der Waals surface area contributed by atoms with E-state index in [9.17, 15) is 0 Å². The molecule has 2 aromatic heterocycles. The van der Waals surface area contributed by atoms with E-state index >= 15 is 0 Å². The fourth-order valence-corrected chi connectivity index (χ4v) is 17.9. The maximum Gasteiger partial charge on any atom is 0.164 e. The second kappa shape index (κ2) is 21.6. The van der Waals surface area contributed by atoms with Gasteiger partial charge in [-0.25, -0.2) is 29.9 Å². The van der Waals surface area contributed by atoms with Gasteiger partial charge in [0.25, 0.3) is 0 Å². The van der Waals surface area contributed by atoms with Gasteiger partial charge in [-0.15, -0.1) is 0 Å². The van der Waals surface area contributed by atoms with Crippen molar-refractivity contribution in [3.8, 4) is 113 Å². The maximum atomic E-state index is 5.50. The number of nitrogens with zero attached hydrogens (tertiary/aromatic N) is 6. The lowest BCUT2D eigenvalue weighted by Gasteiger charge is -2.40. The van der Waals surface area contributed by atoms with Crippen LogP contribution in [0.4, 0.5) is 0 Å². The molecule has 13 aromatic carbocycles. The summed E-state index contributed by atoms with van der Waals surface area (Å²) >= 11 is 3.71. The molecule has 0 N–H and O–H groups in total. The van der Waals surface area contributed by atoms with Crippen LogP contribution >= 0.6 is 23.5 Å². The summed E-state index contributed by atoms with van der Waals surface area (Å²) in [5.74, 6) is 3.71. The average Bonchev–Trinajstić information content (AvgIpc) is 1.49. The Hall–Kier alpha value is -11.4. The van der Waals surface area contributed by atoms with Crippen LogP contribution in [0.25, 0.3) is 113 Å². The molecule has 0 bridgehead atoms. The fourth-order valence-electron chi connectivity index (χ4n) is 15.4. The fraction of sp³-hybridized carbons (Fsp3) is 0.0233. The van der Waals surface area contributed by atoms with Crippen LogP contribution in [0.2, 0.25) is 0 Å². The zero-order chi connectivity index (χ0) is 61.9. The van der Waals surface area contributed by atoms with Crippen LogP contribution in [0, 0.1) is 0 Å². The van der Waals surface area contributed by atoms with Gasteiger partial charge in [0, 0.05) is 53.0 Å². The minimum atomic E-state index is -0.684. The Labute approximate surface area is 553 Å². The molecule has 0 radical (unpaired) electrons. The van der Waals surface area contributed by atoms with Crippen molar-refractivity contribution in [1.82, 2.24) is 29.9 Å². The molecule has 438 valence electrons. The van der Waals surface area contributed by atoms with Crippen LogP contribution in [-0.4, -0.2) is 29.9 Å². The third kappa shape index (κ3) is 8.19. The Morgan fingerprint density at radius 2 is 0.468 bits per heavy atom. The van der Waals surface area contributed by atoms with Crippen LogP contribution in [0.3, 0.4) is 0 Å². The van der Waals surface area contributed by atoms with E-state index in [4.69, 9.17) is 29.9 Å². The van der Waals surface area contributed by atoms with Crippen LogP contribution in [0.5, 0.6) is 0 Å². The Morgan fingerprint density at radius 1 is 0.181 bits per heavy atom. The quantitative estimate of drug-likeness (QED) is 0.149. The number of aromatic nitrogens is 6. The predicted octanol–water partition coefficient (Wildman–Crippen LogP) is 21.0. The van der Waals surface area contributed by atoms with E-state index in [-0.39, 0.29) is 0 Å². The van der Waals surface area contributed by atoms with E-state index in [1.165, 1.54) is 69.7 Å². The highest BCUT2D eigenvalue weighted by molar-refractivity contribution is 8.00. The summed E-state index contributed by atoms with van der Waals surface area (Å²) in [5, 5.41) is 0. The molecule has 2 aliphatic carbocycles. The van der Waals surface area contributed by atoms with E-state index in [1.54, 1.807) is 0 Å². The van der Waals surface area contributed by atoms with Crippen molar-refractivity contribution >= 4 is 23.5 Å². The highest BCUT2D eigenvalue weighted by atomic mass is 32.2. The van der Waals surface area contributed by atoms with E-state index < -0.39 is 10.8 Å². The first-order valence-corrected chi connectivity index (χ1v) is 33.4. The van der Waals surface area contributed by atoms with E-state index in [1.807, 2.05) is 66.0 Å². The molecule has 15 aromatic rings. The number of fused-ring (bicyclic) bond motifs is 18. The average molecular weight is 1230 g/mol. The summed E-state index contributed by atoms with van der Waals surface area (Å²) in [7, 11) is 0. The van der Waals surface area contributed by atoms with Crippen LogP contribution in [0.1, 0.15) is 44.5 Å². The first-order chi connectivity index (χ1) is 46.6. The Balaban J connectivity index is 0.747. The Bertz CT molecular complexity index is 5520. The number of hydrogen-bond donors (Lipinski definition) is 0. The molecule has 0 fully saturated rings. The molecule has 8 heteroatoms. The van der Waals surface area contributed by atoms with Crippen molar-refractivity contribution in [2.45, 2.75) is 30.4 Å². The molecule has 0 saturated heterocycles. The summed E-state index contributed by atoms with van der Waals surface area (Å²) in [5.41, 5.74) is 23.5. The van der Waals surface area contributed by atoms with Crippen molar-refractivity contribution in [3.63, 3.8) is 0 Å². The maximum absolute atomic E-state index is 5.50. The zero-order valence-electron chi connectivity index (χ0n) is 50.5. The summed E-state index contributed by atoms with van der Waals surface area (Å²) in [6, 6.07) is 113. The highest BCUT2D eigenvalue weighted by Crippen LogP contribution is 2.66. The molecule has 0 amide bonds. The lowest BCUT2D eigenvalue weighted by atomic mass is 9.67. The second-order valence-electron chi connectivity index (χ2n) is 24.3. The molecule has 2 spiro atoms. The topological polar surface area (TPSA) is 77.3 Å². The molecule has 0 saturated carbocycles. The Kier molecular flexibility index (Phi) is 12.5. The van der Waals surface area contributed by atoms with Crippen LogP contribution < -0.4 is 0 Å². The number of rotatable bonds is 8. The van der Waals surface area contributed by atoms with Crippen molar-refractivity contribution in [2.75, 3.05) is 0 Å². The Morgan fingerprint density at radius 3 is 0.926 bits per heavy atom. The lowest BCUT2D eigenvalue weighted by molar-refractivity contribution is 0.722. The van der Waals surface area contributed by atoms with Gasteiger partial charge in [-0.3, -0.25) is 0 Å². The summed E-state index contributed by atoms with van der Waals surface area (Å²) in [4.78, 5) is 37.1. The SMILES string of the molecule is c1ccc(-c2ccc(-c3nc(-c4ccccc4)nc(-c4cccc5c4-c4ccccc4C54c5ccccc5Sc5c(-c6ccc(-c7nc(-c8ccccc8)nc(-c8cccc9c8-c8ccccc8C98c9ccccc9Sc9ccccc98)n7)cc6)cccc54)n3)cc2)cc1. The van der Waals surface area contributed by atoms with Gasteiger partial charge in [0.15, 0.2) is 34.9 Å². The molecule has 4 heterocycles. The normalized spacial score (nSPS) is 14.6. The minimum Gasteiger partial charge on any atom is -0.208 e. The second-order valence-corrected chi connectivity index (χ2v) is 26.4. The molecule has 94 heavy (non-hydrogen) atoms. The van der Waals surface area contributed by atoms with Gasteiger partial charge >= 0.3 is 0 Å². The minimum absolute atomic E-state index is 0.539. The first kappa shape index (κ1) is 54.3. The van der Waals surface area contributed by atoms with Gasteiger partial charge in [0.2, 0.25) is 0 Å². The van der Waals surface area contributed by atoms with Gasteiger partial charge in [-0.1, -0.05) is 321 Å². The monoisotopic (exact) mass is 1230 g/mol. The molecular weight excluding hydrogens is 1180 g/mol. The molecule has 1 atom stereocenters. The predicted molar refractivity (Wildman–Crippen MR) is 380 cm³/mol. The standard InChI is InChI=1S/C86H52N6S2/c1-4-23-53(24-5-1)54-45-49-58(50-46-54)81-87-79(56-25-6-2-7-26-56)90-84(91-81)64-33-22-40-71-77(64)62-30-11-13-35-66(62)86(71)69-38-16-19-44-75(69)94-78-60(31-20-41-72(78)86)55-47-51-59(52-48-55)82-88-80(57-27-8-3-9-28-57)89-83(92-82)63-32-21-39-70-76(63)61-29-10-12-34-65(61)85(70)67-36-14-17-42-73(67)93-74-43-18-15-37-68(74)85/h1-52H. The summed E-state index contributed by atoms with van der Waals surface area (Å²) < 4.78 is 0. The number of hydrogen-bond acceptors (Lipinski definition) is 8. The van der Waals surface area contributed by atoms with Crippen molar-refractivity contribution in [1.29, 1.82) is 0 Å². The molecule has 4 aliphatic rings. The van der Waals surface area contributed by atoms with Gasteiger partial charge in [-0.05, 0) is 107 Å². The van der Waals surface area contributed by atoms with Crippen LogP contribution in [0.15, 0.2) is 335 Å². The lowest BCUT2D eigenvalue weighted by Crippen LogP contribution is -2.32. The zero-order valence-corrected chi connectivity index (χ0v) is 52.2. The smallest absolute Gasteiger partial charge is 0.164 e. The van der Waals surface area contributed by atoms with Gasteiger partial charge in [0.1, 0.15) is 0 Å². The number of benzene rings is 13. The van der Waals surface area contributed by atoms with Gasteiger partial charge in [0.05, 0.1) is 10.8 Å². The highest BCUT2D eigenvalue weighted by Gasteiger charge is 2.53. The van der Waals surface area contributed by atoms with Crippen molar-refractivity contribution < 1.29 is 0 Å². The van der Waals surface area contributed by atoms with Crippen LogP contribution in [-0.2, 0) is 10.8 Å². The van der Waals surface area contributed by atoms with Crippen molar-refractivity contribution in [3.05, 3.63) is 360 Å². The molecule has 1 unspecified atom stereocenters. The first-order valence-electron chi connectivity index (χ1n) is 31.7. The van der Waals surface area contributed by atoms with Crippen molar-refractivity contribution in [2.24, 2.45) is 0 Å². The third-order valence-electron chi connectivity index (χ3n) is 19.4. The van der Waals surface area contributed by atoms with E-state index in [0.29, 0.717) is 34.9 Å². The summed E-state index contributed by atoms with van der Waals surface area (Å²) in [6.45, 7) is 0. The van der Waals surface area contributed by atoms with Gasteiger partial charge in [-0.2, -0.15) is 0 Å². The molecule has 6 nitrogen and oxygen atoms in total. The molecular formula is C86H52N6S2. The van der Waals surface area contributed by atoms with Gasteiger partial charge < -0.3 is 0 Å².